The molecule has 4 nitrogen and oxygen atoms in total. The largest absolute Gasteiger partial charge is 0.498 e. The third-order valence-electron chi connectivity index (χ3n) is 3.08. The third-order valence-corrected chi connectivity index (χ3v) is 3.41. The first-order valence-corrected chi connectivity index (χ1v) is 6.04. The van der Waals surface area contributed by atoms with Crippen LogP contribution in [-0.2, 0) is 9.31 Å². The minimum Gasteiger partial charge on any atom is -0.491 e. The molecule has 2 aliphatic heterocycles. The molecule has 0 aromatic heterocycles. The van der Waals surface area contributed by atoms with E-state index < -0.39 is 7.12 Å². The molecule has 0 spiro atoms. The standard InChI is InChI=1S/C11H13BClNO3.ClH/c1-6-5-15-8-3-2-7(13)10-9(4-14)17-12(16-6)11(8)10;/h2-3,6,9H,4-5,14H2,1H3;1H. The van der Waals surface area contributed by atoms with E-state index in [-0.39, 0.29) is 24.6 Å². The van der Waals surface area contributed by atoms with Crippen molar-refractivity contribution in [2.24, 2.45) is 5.73 Å². The van der Waals surface area contributed by atoms with Crippen LogP contribution in [0.5, 0.6) is 5.75 Å². The molecule has 98 valence electrons. The highest BCUT2D eigenvalue weighted by Crippen LogP contribution is 2.35. The first kappa shape index (κ1) is 14.0. The van der Waals surface area contributed by atoms with E-state index in [1.54, 1.807) is 0 Å². The molecule has 2 atom stereocenters. The number of hydrogen-bond donors (Lipinski definition) is 1. The van der Waals surface area contributed by atoms with E-state index in [1.807, 2.05) is 19.1 Å². The second-order valence-electron chi connectivity index (χ2n) is 4.32. The van der Waals surface area contributed by atoms with E-state index in [4.69, 9.17) is 31.4 Å². The molecule has 3 rings (SSSR count). The van der Waals surface area contributed by atoms with Crippen molar-refractivity contribution in [3.8, 4) is 5.75 Å². The molecule has 0 saturated heterocycles. The number of hydrogen-bond acceptors (Lipinski definition) is 4. The third kappa shape index (κ3) is 2.10. The second-order valence-corrected chi connectivity index (χ2v) is 4.73. The molecule has 0 amide bonds. The van der Waals surface area contributed by atoms with Gasteiger partial charge in [0.2, 0.25) is 0 Å². The van der Waals surface area contributed by atoms with Crippen molar-refractivity contribution in [2.75, 3.05) is 13.2 Å². The SMILES string of the molecule is CC1COc2ccc(Cl)c3c2B(O1)OC3CN.Cl. The van der Waals surface area contributed by atoms with Gasteiger partial charge in [-0.15, -0.1) is 12.4 Å². The zero-order valence-corrected chi connectivity index (χ0v) is 11.5. The van der Waals surface area contributed by atoms with Crippen LogP contribution in [0.1, 0.15) is 18.6 Å². The van der Waals surface area contributed by atoms with Crippen molar-refractivity contribution in [1.82, 2.24) is 0 Å². The van der Waals surface area contributed by atoms with Crippen molar-refractivity contribution < 1.29 is 14.0 Å². The molecule has 2 unspecified atom stereocenters. The summed E-state index contributed by atoms with van der Waals surface area (Å²) in [7, 11) is -0.412. The molecule has 0 bridgehead atoms. The lowest BCUT2D eigenvalue weighted by atomic mass is 9.77. The summed E-state index contributed by atoms with van der Waals surface area (Å²) in [5, 5.41) is 0.656. The summed E-state index contributed by atoms with van der Waals surface area (Å²) in [5.74, 6) is 0.787. The molecule has 0 saturated carbocycles. The van der Waals surface area contributed by atoms with Crippen LogP contribution in [-0.4, -0.2) is 26.4 Å². The van der Waals surface area contributed by atoms with Crippen molar-refractivity contribution in [2.45, 2.75) is 19.1 Å². The first-order valence-electron chi connectivity index (χ1n) is 5.66. The molecule has 18 heavy (non-hydrogen) atoms. The fourth-order valence-corrected chi connectivity index (χ4v) is 2.59. The van der Waals surface area contributed by atoms with E-state index in [0.717, 1.165) is 16.8 Å². The average Bonchev–Trinajstić information content (AvgIpc) is 2.60. The number of ether oxygens (including phenoxy) is 1. The van der Waals surface area contributed by atoms with E-state index in [2.05, 4.69) is 0 Å². The van der Waals surface area contributed by atoms with E-state index in [0.29, 0.717) is 18.2 Å². The first-order chi connectivity index (χ1) is 8.20. The normalized spacial score (nSPS) is 24.9. The molecule has 2 aliphatic rings. The summed E-state index contributed by atoms with van der Waals surface area (Å²) in [6.07, 6.45) is -0.230. The predicted octanol–water partition coefficient (Wildman–Crippen LogP) is 1.28. The van der Waals surface area contributed by atoms with Crippen molar-refractivity contribution in [3.05, 3.63) is 22.7 Å². The van der Waals surface area contributed by atoms with Gasteiger partial charge in [0.25, 0.3) is 0 Å². The molecule has 0 radical (unpaired) electrons. The Kier molecular flexibility index (Phi) is 4.09. The minimum absolute atomic E-state index is 0. The van der Waals surface area contributed by atoms with Gasteiger partial charge in [-0.2, -0.15) is 0 Å². The Morgan fingerprint density at radius 1 is 1.44 bits per heavy atom. The van der Waals surface area contributed by atoms with Gasteiger partial charge in [0.1, 0.15) is 12.4 Å². The molecular weight excluding hydrogens is 276 g/mol. The molecule has 2 heterocycles. The molecular formula is C11H14BCl2NO3. The van der Waals surface area contributed by atoms with Gasteiger partial charge in [-0.3, -0.25) is 0 Å². The Balaban J connectivity index is 0.00000120. The van der Waals surface area contributed by atoms with E-state index in [1.165, 1.54) is 0 Å². The summed E-state index contributed by atoms with van der Waals surface area (Å²) in [4.78, 5) is 0. The highest BCUT2D eigenvalue weighted by molar-refractivity contribution is 6.64. The molecule has 0 aliphatic carbocycles. The average molecular weight is 290 g/mol. The van der Waals surface area contributed by atoms with E-state index in [9.17, 15) is 0 Å². The quantitative estimate of drug-likeness (QED) is 0.792. The Morgan fingerprint density at radius 3 is 2.94 bits per heavy atom. The monoisotopic (exact) mass is 289 g/mol. The molecule has 1 aromatic rings. The summed E-state index contributed by atoms with van der Waals surface area (Å²) in [5.41, 5.74) is 7.51. The topological polar surface area (TPSA) is 53.7 Å². The van der Waals surface area contributed by atoms with Crippen LogP contribution in [0.25, 0.3) is 0 Å². The fraction of sp³-hybridized carbons (Fsp3) is 0.455. The molecule has 0 fully saturated rings. The van der Waals surface area contributed by atoms with Crippen LogP contribution in [0.15, 0.2) is 12.1 Å². The Bertz CT molecular complexity index is 460. The number of nitrogens with two attached hydrogens (primary N) is 1. The maximum absolute atomic E-state index is 6.20. The van der Waals surface area contributed by atoms with Crippen LogP contribution in [0.4, 0.5) is 0 Å². The maximum atomic E-state index is 6.20. The summed E-state index contributed by atoms with van der Waals surface area (Å²) in [6, 6.07) is 3.68. The van der Waals surface area contributed by atoms with E-state index >= 15 is 0 Å². The maximum Gasteiger partial charge on any atom is 0.498 e. The number of benzene rings is 1. The van der Waals surface area contributed by atoms with Gasteiger partial charge in [0.05, 0.1) is 12.2 Å². The van der Waals surface area contributed by atoms with Crippen molar-refractivity contribution >= 4 is 36.6 Å². The van der Waals surface area contributed by atoms with Crippen molar-refractivity contribution in [1.29, 1.82) is 0 Å². The predicted molar refractivity (Wildman–Crippen MR) is 73.0 cm³/mol. The number of halogens is 2. The number of rotatable bonds is 1. The lowest BCUT2D eigenvalue weighted by molar-refractivity contribution is 0.101. The minimum atomic E-state index is -0.412. The lowest BCUT2D eigenvalue weighted by Gasteiger charge is -2.15. The highest BCUT2D eigenvalue weighted by Gasteiger charge is 2.43. The second kappa shape index (κ2) is 5.27. The van der Waals surface area contributed by atoms with Crippen molar-refractivity contribution in [3.63, 3.8) is 0 Å². The summed E-state index contributed by atoms with van der Waals surface area (Å²) in [6.45, 7) is 2.85. The van der Waals surface area contributed by atoms with Gasteiger partial charge < -0.3 is 19.8 Å². The van der Waals surface area contributed by atoms with Gasteiger partial charge in [0.15, 0.2) is 0 Å². The van der Waals surface area contributed by atoms with Gasteiger partial charge >= 0.3 is 7.12 Å². The summed E-state index contributed by atoms with van der Waals surface area (Å²) >= 11 is 6.20. The van der Waals surface area contributed by atoms with Gasteiger partial charge in [-0.25, -0.2) is 0 Å². The van der Waals surface area contributed by atoms with Crippen LogP contribution in [0.3, 0.4) is 0 Å². The zero-order chi connectivity index (χ0) is 12.0. The van der Waals surface area contributed by atoms with Crippen LogP contribution >= 0.6 is 24.0 Å². The Morgan fingerprint density at radius 2 is 2.22 bits per heavy atom. The Labute approximate surface area is 117 Å². The summed E-state index contributed by atoms with van der Waals surface area (Å²) < 4.78 is 17.2. The zero-order valence-electron chi connectivity index (χ0n) is 9.89. The smallest absolute Gasteiger partial charge is 0.491 e. The molecule has 1 aromatic carbocycles. The molecule has 2 N–H and O–H groups in total. The van der Waals surface area contributed by atoms with Crippen LogP contribution in [0.2, 0.25) is 5.02 Å². The van der Waals surface area contributed by atoms with Gasteiger partial charge in [-0.05, 0) is 19.1 Å². The van der Waals surface area contributed by atoms with Gasteiger partial charge in [-0.1, -0.05) is 11.6 Å². The molecule has 7 heteroatoms. The van der Waals surface area contributed by atoms with Crippen LogP contribution < -0.4 is 15.9 Å². The fourth-order valence-electron chi connectivity index (χ4n) is 2.30. The van der Waals surface area contributed by atoms with Crippen LogP contribution in [0, 0.1) is 0 Å². The van der Waals surface area contributed by atoms with Gasteiger partial charge in [0, 0.05) is 22.6 Å². The lowest BCUT2D eigenvalue weighted by Crippen LogP contribution is -2.34. The Hall–Kier alpha value is -0.455. The highest BCUT2D eigenvalue weighted by atomic mass is 35.5.